The number of nitrogens with two attached hydrogens (primary N) is 1. The predicted octanol–water partition coefficient (Wildman–Crippen LogP) is 2.27. The van der Waals surface area contributed by atoms with Crippen LogP contribution >= 0.6 is 0 Å². The van der Waals surface area contributed by atoms with Crippen molar-refractivity contribution < 1.29 is 9.47 Å². The maximum Gasteiger partial charge on any atom is 0.0589 e. The summed E-state index contributed by atoms with van der Waals surface area (Å²) in [7, 11) is 3.54. The maximum atomic E-state index is 6.05. The molecule has 0 amide bonds. The number of hydrogen-bond acceptors (Lipinski definition) is 4. The number of rotatable bonds is 11. The van der Waals surface area contributed by atoms with Crippen LogP contribution in [0.25, 0.3) is 0 Å². The van der Waals surface area contributed by atoms with Gasteiger partial charge in [0.2, 0.25) is 0 Å². The molecule has 1 atom stereocenters. The van der Waals surface area contributed by atoms with Crippen LogP contribution < -0.4 is 5.73 Å². The second kappa shape index (κ2) is 11.5. The standard InChI is InChI=1S/C16H34N2O2/c1-19-11-6-9-18(10-12-20-2)16(14-17)13-15-7-4-3-5-8-15/h15-16H,3-14,17H2,1-2H3. The highest BCUT2D eigenvalue weighted by Gasteiger charge is 2.22. The summed E-state index contributed by atoms with van der Waals surface area (Å²) in [4.78, 5) is 2.51. The Bertz CT molecular complexity index is 221. The second-order valence-electron chi connectivity index (χ2n) is 6.00. The molecule has 0 spiro atoms. The summed E-state index contributed by atoms with van der Waals surface area (Å²) in [5, 5.41) is 0. The van der Waals surface area contributed by atoms with Gasteiger partial charge in [0.1, 0.15) is 0 Å². The summed E-state index contributed by atoms with van der Waals surface area (Å²) in [5.41, 5.74) is 6.05. The van der Waals surface area contributed by atoms with E-state index < -0.39 is 0 Å². The molecular formula is C16H34N2O2. The van der Waals surface area contributed by atoms with Gasteiger partial charge in [0.25, 0.3) is 0 Å². The molecule has 20 heavy (non-hydrogen) atoms. The quantitative estimate of drug-likeness (QED) is 0.592. The van der Waals surface area contributed by atoms with Crippen LogP contribution in [0.1, 0.15) is 44.9 Å². The van der Waals surface area contributed by atoms with Crippen molar-refractivity contribution in [1.29, 1.82) is 0 Å². The van der Waals surface area contributed by atoms with Crippen LogP contribution in [0.15, 0.2) is 0 Å². The van der Waals surface area contributed by atoms with E-state index in [9.17, 15) is 0 Å². The molecule has 1 unspecified atom stereocenters. The molecule has 1 rings (SSSR count). The zero-order valence-corrected chi connectivity index (χ0v) is 13.5. The van der Waals surface area contributed by atoms with E-state index in [1.165, 1.54) is 38.5 Å². The lowest BCUT2D eigenvalue weighted by atomic mass is 9.84. The monoisotopic (exact) mass is 286 g/mol. The lowest BCUT2D eigenvalue weighted by molar-refractivity contribution is 0.0949. The molecule has 4 heteroatoms. The van der Waals surface area contributed by atoms with Gasteiger partial charge in [0, 0.05) is 46.5 Å². The fraction of sp³-hybridized carbons (Fsp3) is 1.00. The van der Waals surface area contributed by atoms with E-state index in [1.807, 2.05) is 0 Å². The highest BCUT2D eigenvalue weighted by molar-refractivity contribution is 4.78. The summed E-state index contributed by atoms with van der Waals surface area (Å²) >= 11 is 0. The Labute approximate surface area is 125 Å². The Morgan fingerprint density at radius 3 is 2.35 bits per heavy atom. The molecule has 4 nitrogen and oxygen atoms in total. The molecule has 0 aromatic heterocycles. The van der Waals surface area contributed by atoms with E-state index in [-0.39, 0.29) is 0 Å². The molecule has 0 heterocycles. The summed E-state index contributed by atoms with van der Waals surface area (Å²) in [6, 6.07) is 0.505. The van der Waals surface area contributed by atoms with Crippen LogP contribution in [0.4, 0.5) is 0 Å². The van der Waals surface area contributed by atoms with Crippen LogP contribution in [-0.4, -0.2) is 58.0 Å². The molecule has 0 radical (unpaired) electrons. The van der Waals surface area contributed by atoms with Gasteiger partial charge in [-0.2, -0.15) is 0 Å². The topological polar surface area (TPSA) is 47.7 Å². The first kappa shape index (κ1) is 17.9. The lowest BCUT2D eigenvalue weighted by Crippen LogP contribution is -2.44. The number of nitrogens with zero attached hydrogens (tertiary/aromatic N) is 1. The molecule has 0 aromatic carbocycles. The largest absolute Gasteiger partial charge is 0.385 e. The van der Waals surface area contributed by atoms with Gasteiger partial charge >= 0.3 is 0 Å². The Balaban J connectivity index is 2.43. The molecule has 2 N–H and O–H groups in total. The van der Waals surface area contributed by atoms with Crippen molar-refractivity contribution in [3.8, 4) is 0 Å². The Morgan fingerprint density at radius 1 is 1.05 bits per heavy atom. The highest BCUT2D eigenvalue weighted by atomic mass is 16.5. The molecule has 120 valence electrons. The average molecular weight is 286 g/mol. The van der Waals surface area contributed by atoms with Gasteiger partial charge in [-0.3, -0.25) is 4.90 Å². The van der Waals surface area contributed by atoms with Crippen molar-refractivity contribution in [2.75, 3.05) is 47.1 Å². The van der Waals surface area contributed by atoms with Crippen LogP contribution in [0.5, 0.6) is 0 Å². The van der Waals surface area contributed by atoms with Gasteiger partial charge in [-0.1, -0.05) is 32.1 Å². The van der Waals surface area contributed by atoms with E-state index in [0.29, 0.717) is 6.04 Å². The van der Waals surface area contributed by atoms with Crippen LogP contribution in [0, 0.1) is 5.92 Å². The summed E-state index contributed by atoms with van der Waals surface area (Å²) in [5.74, 6) is 0.879. The van der Waals surface area contributed by atoms with Crippen LogP contribution in [-0.2, 0) is 9.47 Å². The van der Waals surface area contributed by atoms with Crippen LogP contribution in [0.2, 0.25) is 0 Å². The van der Waals surface area contributed by atoms with Crippen LogP contribution in [0.3, 0.4) is 0 Å². The van der Waals surface area contributed by atoms with Crippen molar-refractivity contribution >= 4 is 0 Å². The van der Waals surface area contributed by atoms with Crippen molar-refractivity contribution in [3.05, 3.63) is 0 Å². The Kier molecular flexibility index (Phi) is 10.3. The molecule has 1 saturated carbocycles. The van der Waals surface area contributed by atoms with Gasteiger partial charge in [0.15, 0.2) is 0 Å². The van der Waals surface area contributed by atoms with E-state index in [2.05, 4.69) is 4.90 Å². The number of hydrogen-bond donors (Lipinski definition) is 1. The summed E-state index contributed by atoms with van der Waals surface area (Å²) < 4.78 is 10.4. The van der Waals surface area contributed by atoms with E-state index in [4.69, 9.17) is 15.2 Å². The lowest BCUT2D eigenvalue weighted by Gasteiger charge is -2.34. The predicted molar refractivity (Wildman–Crippen MR) is 84.0 cm³/mol. The first-order valence-corrected chi connectivity index (χ1v) is 8.23. The number of ether oxygens (including phenoxy) is 2. The van der Waals surface area contributed by atoms with Gasteiger partial charge < -0.3 is 15.2 Å². The third-order valence-corrected chi connectivity index (χ3v) is 4.50. The molecule has 0 aliphatic heterocycles. The van der Waals surface area contributed by atoms with Crippen molar-refractivity contribution in [2.45, 2.75) is 51.0 Å². The third-order valence-electron chi connectivity index (χ3n) is 4.50. The Hall–Kier alpha value is -0.160. The van der Waals surface area contributed by atoms with Crippen molar-refractivity contribution in [2.24, 2.45) is 11.7 Å². The second-order valence-corrected chi connectivity index (χ2v) is 6.00. The Morgan fingerprint density at radius 2 is 1.75 bits per heavy atom. The smallest absolute Gasteiger partial charge is 0.0589 e. The van der Waals surface area contributed by atoms with Gasteiger partial charge in [-0.15, -0.1) is 0 Å². The minimum absolute atomic E-state index is 0.505. The normalized spacial score (nSPS) is 18.6. The first-order chi connectivity index (χ1) is 9.81. The molecule has 0 aromatic rings. The minimum Gasteiger partial charge on any atom is -0.385 e. The molecule has 1 fully saturated rings. The van der Waals surface area contributed by atoms with Gasteiger partial charge in [-0.05, 0) is 18.8 Å². The molecule has 1 aliphatic carbocycles. The maximum absolute atomic E-state index is 6.05. The minimum atomic E-state index is 0.505. The average Bonchev–Trinajstić information content (AvgIpc) is 2.50. The van der Waals surface area contributed by atoms with Gasteiger partial charge in [-0.25, -0.2) is 0 Å². The number of methoxy groups -OCH3 is 2. The SMILES string of the molecule is COCCCN(CCOC)C(CN)CC1CCCCC1. The molecule has 1 aliphatic rings. The summed E-state index contributed by atoms with van der Waals surface area (Å²) in [6.45, 7) is 4.41. The molecular weight excluding hydrogens is 252 g/mol. The van der Waals surface area contributed by atoms with Crippen molar-refractivity contribution in [3.63, 3.8) is 0 Å². The highest BCUT2D eigenvalue weighted by Crippen LogP contribution is 2.28. The van der Waals surface area contributed by atoms with Gasteiger partial charge in [0.05, 0.1) is 6.61 Å². The fourth-order valence-corrected chi connectivity index (χ4v) is 3.30. The fourth-order valence-electron chi connectivity index (χ4n) is 3.30. The van der Waals surface area contributed by atoms with Crippen molar-refractivity contribution in [1.82, 2.24) is 4.90 Å². The summed E-state index contributed by atoms with van der Waals surface area (Å²) in [6.07, 6.45) is 9.35. The molecule has 0 bridgehead atoms. The van der Waals surface area contributed by atoms with E-state index >= 15 is 0 Å². The third kappa shape index (κ3) is 7.02. The first-order valence-electron chi connectivity index (χ1n) is 8.23. The van der Waals surface area contributed by atoms with E-state index in [1.54, 1.807) is 14.2 Å². The molecule has 0 saturated heterocycles. The van der Waals surface area contributed by atoms with E-state index in [0.717, 1.165) is 45.2 Å². The zero-order valence-electron chi connectivity index (χ0n) is 13.5. The zero-order chi connectivity index (χ0) is 14.6.